The average molecular weight is 930 g/mol. The van der Waals surface area contributed by atoms with E-state index in [4.69, 9.17) is 0 Å². The lowest BCUT2D eigenvalue weighted by atomic mass is 9.93. The summed E-state index contributed by atoms with van der Waals surface area (Å²) in [6.45, 7) is 3.09. The Bertz CT molecular complexity index is 4250. The van der Waals surface area contributed by atoms with Crippen molar-refractivity contribution < 1.29 is 0 Å². The Hall–Kier alpha value is -9.44. The number of aromatic nitrogens is 1. The molecule has 15 rings (SSSR count). The Balaban J connectivity index is 0.923. The summed E-state index contributed by atoms with van der Waals surface area (Å²) in [5, 5.41) is 17.8. The largest absolute Gasteiger partial charge is 0.341 e. The van der Waals surface area contributed by atoms with E-state index in [1.807, 2.05) is 0 Å². The highest BCUT2D eigenvalue weighted by Crippen LogP contribution is 2.48. The van der Waals surface area contributed by atoms with E-state index in [1.165, 1.54) is 109 Å². The number of fused-ring (bicyclic) bond motifs is 3. The smallest absolute Gasteiger partial charge is 0.0540 e. The number of aryl methyl sites for hydroxylation is 1. The second-order valence-electron chi connectivity index (χ2n) is 19.5. The fourth-order valence-corrected chi connectivity index (χ4v) is 12.2. The van der Waals surface area contributed by atoms with Gasteiger partial charge in [-0.2, -0.15) is 0 Å². The summed E-state index contributed by atoms with van der Waals surface area (Å²) in [5.74, 6) is 0. The summed E-state index contributed by atoms with van der Waals surface area (Å²) in [6.07, 6.45) is 0. The minimum atomic E-state index is 0.807. The summed E-state index contributed by atoms with van der Waals surface area (Å²) in [6, 6.07) is 94.6. The summed E-state index contributed by atoms with van der Waals surface area (Å²) in [4.78, 5) is 4.94. The van der Waals surface area contributed by atoms with Gasteiger partial charge in [0.15, 0.2) is 0 Å². The third-order valence-electron chi connectivity index (χ3n) is 15.6. The Morgan fingerprint density at radius 1 is 0.274 bits per heavy atom. The maximum Gasteiger partial charge on any atom is 0.0540 e. The number of hydrogen-bond acceptors (Lipinski definition) is 2. The molecule has 0 saturated heterocycles. The molecule has 0 spiro atoms. The molecule has 0 aliphatic carbocycles. The topological polar surface area (TPSA) is 11.4 Å². The SMILES string of the molecule is CCn1c2cc(N(c3ccc(-c4ccccc4)cc3)c3ccc4ccc5cccc6ccc3c4c56)ccc2c2ccc(N(c3ccc(-c4ccccc4)cc3)c3ccc4ccc5cccc6ccc3c4c56)cc21. The van der Waals surface area contributed by atoms with Crippen LogP contribution in [0.2, 0.25) is 0 Å². The summed E-state index contributed by atoms with van der Waals surface area (Å²) in [5.41, 5.74) is 14.0. The van der Waals surface area contributed by atoms with E-state index in [0.29, 0.717) is 0 Å². The predicted octanol–water partition coefficient (Wildman–Crippen LogP) is 19.9. The molecule has 0 aliphatic rings. The van der Waals surface area contributed by atoms with Crippen LogP contribution >= 0.6 is 0 Å². The van der Waals surface area contributed by atoms with Gasteiger partial charge in [-0.1, -0.05) is 194 Å². The van der Waals surface area contributed by atoms with Crippen molar-refractivity contribution in [1.29, 1.82) is 0 Å². The van der Waals surface area contributed by atoms with Crippen LogP contribution in [0.25, 0.3) is 109 Å². The molecule has 0 fully saturated rings. The van der Waals surface area contributed by atoms with Crippen LogP contribution in [0.5, 0.6) is 0 Å². The average Bonchev–Trinajstić information content (AvgIpc) is 3.77. The Morgan fingerprint density at radius 3 is 1.00 bits per heavy atom. The molecule has 342 valence electrons. The first kappa shape index (κ1) is 41.4. The fourth-order valence-electron chi connectivity index (χ4n) is 12.2. The number of nitrogens with zero attached hydrogens (tertiary/aromatic N) is 3. The third kappa shape index (κ3) is 6.45. The molecular formula is C70H47N3. The second kappa shape index (κ2) is 16.3. The van der Waals surface area contributed by atoms with Gasteiger partial charge in [-0.25, -0.2) is 0 Å². The van der Waals surface area contributed by atoms with Crippen molar-refractivity contribution in [2.75, 3.05) is 9.80 Å². The van der Waals surface area contributed by atoms with Crippen molar-refractivity contribution in [3.8, 4) is 22.3 Å². The summed E-state index contributed by atoms with van der Waals surface area (Å²) >= 11 is 0. The molecule has 3 nitrogen and oxygen atoms in total. The molecule has 73 heavy (non-hydrogen) atoms. The lowest BCUT2D eigenvalue weighted by Gasteiger charge is -2.28. The molecule has 0 amide bonds. The molecule has 0 aliphatic heterocycles. The van der Waals surface area contributed by atoms with Gasteiger partial charge >= 0.3 is 0 Å². The van der Waals surface area contributed by atoms with Crippen LogP contribution in [-0.2, 0) is 6.54 Å². The fraction of sp³-hybridized carbons (Fsp3) is 0.0286. The first-order valence-electron chi connectivity index (χ1n) is 25.5. The van der Waals surface area contributed by atoms with Crippen LogP contribution in [0, 0.1) is 0 Å². The van der Waals surface area contributed by atoms with Gasteiger partial charge in [0, 0.05) is 50.8 Å². The van der Waals surface area contributed by atoms with Crippen LogP contribution < -0.4 is 9.80 Å². The summed E-state index contributed by atoms with van der Waals surface area (Å²) in [7, 11) is 0. The van der Waals surface area contributed by atoms with E-state index in [0.717, 1.165) is 40.7 Å². The predicted molar refractivity (Wildman–Crippen MR) is 313 cm³/mol. The highest BCUT2D eigenvalue weighted by Gasteiger charge is 2.23. The molecule has 0 atom stereocenters. The van der Waals surface area contributed by atoms with Gasteiger partial charge < -0.3 is 14.4 Å². The van der Waals surface area contributed by atoms with Crippen LogP contribution in [0.15, 0.2) is 255 Å². The highest BCUT2D eigenvalue weighted by atomic mass is 15.2. The molecule has 14 aromatic carbocycles. The van der Waals surface area contributed by atoms with E-state index < -0.39 is 0 Å². The zero-order chi connectivity index (χ0) is 48.1. The van der Waals surface area contributed by atoms with Gasteiger partial charge in [-0.3, -0.25) is 0 Å². The maximum atomic E-state index is 2.51. The molecule has 3 heteroatoms. The molecule has 1 heterocycles. The minimum Gasteiger partial charge on any atom is -0.341 e. The van der Waals surface area contributed by atoms with Crippen molar-refractivity contribution in [1.82, 2.24) is 4.57 Å². The van der Waals surface area contributed by atoms with Gasteiger partial charge in [-0.05, 0) is 144 Å². The number of hydrogen-bond donors (Lipinski definition) is 0. The zero-order valence-corrected chi connectivity index (χ0v) is 40.3. The van der Waals surface area contributed by atoms with Crippen molar-refractivity contribution in [2.24, 2.45) is 0 Å². The van der Waals surface area contributed by atoms with E-state index in [1.54, 1.807) is 0 Å². The maximum absolute atomic E-state index is 2.51. The molecule has 1 aromatic heterocycles. The van der Waals surface area contributed by atoms with E-state index in [2.05, 4.69) is 276 Å². The van der Waals surface area contributed by atoms with Gasteiger partial charge in [0.1, 0.15) is 0 Å². The Kier molecular flexibility index (Phi) is 9.24. The molecule has 0 bridgehead atoms. The number of anilines is 6. The van der Waals surface area contributed by atoms with Crippen LogP contribution in [0.1, 0.15) is 6.92 Å². The van der Waals surface area contributed by atoms with Crippen molar-refractivity contribution in [2.45, 2.75) is 13.5 Å². The van der Waals surface area contributed by atoms with Crippen molar-refractivity contribution >= 4 is 121 Å². The van der Waals surface area contributed by atoms with Crippen LogP contribution in [-0.4, -0.2) is 4.57 Å². The van der Waals surface area contributed by atoms with E-state index in [-0.39, 0.29) is 0 Å². The van der Waals surface area contributed by atoms with E-state index in [9.17, 15) is 0 Å². The highest BCUT2D eigenvalue weighted by molar-refractivity contribution is 6.27. The lowest BCUT2D eigenvalue weighted by Crippen LogP contribution is -2.11. The molecule has 0 radical (unpaired) electrons. The lowest BCUT2D eigenvalue weighted by molar-refractivity contribution is 0.827. The Labute approximate surface area is 423 Å². The monoisotopic (exact) mass is 929 g/mol. The third-order valence-corrected chi connectivity index (χ3v) is 15.6. The standard InChI is InChI=1S/C70H47N3/c1-2-71-65-43-57(72(55-31-23-47(24-32-55)45-11-5-3-6-12-45)63-41-29-53-21-19-49-15-9-17-51-27-37-61(63)69(53)67(49)51)35-39-59(65)60-40-36-58(44-66(60)71)73(56-33-25-48(26-34-56)46-13-7-4-8-14-46)64-42-30-54-22-20-50-16-10-18-52-28-38-62(64)70(54)68(50)52/h3-44H,2H2,1H3. The van der Waals surface area contributed by atoms with Crippen molar-refractivity contribution in [3.63, 3.8) is 0 Å². The van der Waals surface area contributed by atoms with Gasteiger partial charge in [0.25, 0.3) is 0 Å². The van der Waals surface area contributed by atoms with E-state index >= 15 is 0 Å². The van der Waals surface area contributed by atoms with Gasteiger partial charge in [-0.15, -0.1) is 0 Å². The minimum absolute atomic E-state index is 0.807. The quantitative estimate of drug-likeness (QED) is 0.134. The molecule has 0 N–H and O–H groups in total. The van der Waals surface area contributed by atoms with Gasteiger partial charge in [0.2, 0.25) is 0 Å². The molecule has 0 saturated carbocycles. The number of benzene rings is 14. The van der Waals surface area contributed by atoms with Crippen LogP contribution in [0.3, 0.4) is 0 Å². The molecule has 15 aromatic rings. The van der Waals surface area contributed by atoms with Crippen LogP contribution in [0.4, 0.5) is 34.1 Å². The number of rotatable bonds is 9. The first-order valence-corrected chi connectivity index (χ1v) is 25.5. The Morgan fingerprint density at radius 2 is 0.603 bits per heavy atom. The normalized spacial score (nSPS) is 12.0. The second-order valence-corrected chi connectivity index (χ2v) is 19.5. The zero-order valence-electron chi connectivity index (χ0n) is 40.3. The molecular weight excluding hydrogens is 883 g/mol. The first-order chi connectivity index (χ1) is 36.1. The van der Waals surface area contributed by atoms with Crippen molar-refractivity contribution in [3.05, 3.63) is 255 Å². The molecule has 0 unspecified atom stereocenters. The van der Waals surface area contributed by atoms with Gasteiger partial charge in [0.05, 0.1) is 22.4 Å². The summed E-state index contributed by atoms with van der Waals surface area (Å²) < 4.78 is 2.51.